The second kappa shape index (κ2) is 9.33. The summed E-state index contributed by atoms with van der Waals surface area (Å²) in [6, 6.07) is 0. The Kier molecular flexibility index (Phi) is 6.48. The lowest BCUT2D eigenvalue weighted by Crippen LogP contribution is -2.55. The summed E-state index contributed by atoms with van der Waals surface area (Å²) in [6.45, 7) is 2.63. The lowest BCUT2D eigenvalue weighted by atomic mass is 9.43. The molecule has 6 rings (SSSR count). The maximum absolute atomic E-state index is 2.63. The lowest BCUT2D eigenvalue weighted by Gasteiger charge is -2.62. The van der Waals surface area contributed by atoms with Crippen LogP contribution in [0.5, 0.6) is 0 Å². The summed E-state index contributed by atoms with van der Waals surface area (Å²) in [5, 5.41) is 0. The van der Waals surface area contributed by atoms with Crippen LogP contribution in [0.3, 0.4) is 0 Å². The van der Waals surface area contributed by atoms with E-state index in [4.69, 9.17) is 0 Å². The average Bonchev–Trinajstić information content (AvgIpc) is 2.83. The largest absolute Gasteiger partial charge is 0.0625 e. The molecule has 0 nitrogen and oxygen atoms in total. The molecule has 0 aromatic rings. The molecule has 0 aliphatic heterocycles. The molecule has 6 saturated carbocycles. The van der Waals surface area contributed by atoms with E-state index in [0.29, 0.717) is 0 Å². The minimum absolute atomic E-state index is 1.02. The number of hydrogen-bond acceptors (Lipinski definition) is 0. The topological polar surface area (TPSA) is 0 Å². The second-order valence-electron chi connectivity index (χ2n) is 13.7. The number of hydrogen-bond donors (Lipinski definition) is 0. The summed E-state index contributed by atoms with van der Waals surface area (Å²) in [6.07, 6.45) is 30.2. The number of rotatable bonds is 2. The van der Waals surface area contributed by atoms with Gasteiger partial charge in [-0.05, 0) is 104 Å². The van der Waals surface area contributed by atoms with Crippen molar-refractivity contribution in [1.82, 2.24) is 0 Å². The molecule has 0 aromatic heterocycles. The Morgan fingerprint density at radius 3 is 1.68 bits per heavy atom. The van der Waals surface area contributed by atoms with Gasteiger partial charge in [0.05, 0.1) is 0 Å². The monoisotopic (exact) mass is 424 g/mol. The molecule has 6 aliphatic rings. The molecule has 0 aromatic carbocycles. The van der Waals surface area contributed by atoms with Crippen LogP contribution < -0.4 is 0 Å². The summed E-state index contributed by atoms with van der Waals surface area (Å²) in [7, 11) is 0. The van der Waals surface area contributed by atoms with Crippen LogP contribution in [0.1, 0.15) is 129 Å². The van der Waals surface area contributed by atoms with Gasteiger partial charge < -0.3 is 0 Å². The van der Waals surface area contributed by atoms with Gasteiger partial charge in [0.15, 0.2) is 0 Å². The minimum atomic E-state index is 1.02. The molecule has 10 atom stereocenters. The Morgan fingerprint density at radius 2 is 0.871 bits per heavy atom. The van der Waals surface area contributed by atoms with Crippen LogP contribution in [0.25, 0.3) is 0 Å². The van der Waals surface area contributed by atoms with Gasteiger partial charge in [-0.15, -0.1) is 0 Å². The highest BCUT2D eigenvalue weighted by Crippen LogP contribution is 2.64. The van der Waals surface area contributed by atoms with Crippen LogP contribution in [0.4, 0.5) is 0 Å². The molecular weight excluding hydrogens is 372 g/mol. The van der Waals surface area contributed by atoms with Gasteiger partial charge in [-0.2, -0.15) is 0 Å². The quantitative estimate of drug-likeness (QED) is 0.414. The van der Waals surface area contributed by atoms with Crippen molar-refractivity contribution in [3.05, 3.63) is 0 Å². The Balaban J connectivity index is 1.35. The molecule has 0 bridgehead atoms. The highest BCUT2D eigenvalue weighted by Gasteiger charge is 2.56. The smallest absolute Gasteiger partial charge is 0.0321 e. The van der Waals surface area contributed by atoms with Gasteiger partial charge in [0, 0.05) is 0 Å². The second-order valence-corrected chi connectivity index (χ2v) is 13.7. The summed E-state index contributed by atoms with van der Waals surface area (Å²) in [5.74, 6) is 12.4. The van der Waals surface area contributed by atoms with Crippen LogP contribution >= 0.6 is 0 Å². The molecule has 0 spiro atoms. The van der Waals surface area contributed by atoms with Crippen LogP contribution in [-0.4, -0.2) is 0 Å². The highest BCUT2D eigenvalue weighted by atomic mass is 14.6. The summed E-state index contributed by atoms with van der Waals surface area (Å²) in [4.78, 5) is 0. The maximum atomic E-state index is 2.63. The lowest BCUT2D eigenvalue weighted by molar-refractivity contribution is -0.133. The molecule has 0 radical (unpaired) electrons. The van der Waals surface area contributed by atoms with Gasteiger partial charge in [-0.25, -0.2) is 0 Å². The van der Waals surface area contributed by atoms with Crippen molar-refractivity contribution in [2.45, 2.75) is 129 Å². The fraction of sp³-hybridized carbons (Fsp3) is 1.00. The Labute approximate surface area is 194 Å². The van der Waals surface area contributed by atoms with Crippen molar-refractivity contribution in [3.63, 3.8) is 0 Å². The van der Waals surface area contributed by atoms with Crippen molar-refractivity contribution in [1.29, 1.82) is 0 Å². The Hall–Kier alpha value is 0. The Bertz CT molecular complexity index is 585. The van der Waals surface area contributed by atoms with E-state index in [1.165, 1.54) is 6.42 Å². The molecule has 6 fully saturated rings. The zero-order valence-electron chi connectivity index (χ0n) is 20.8. The molecule has 0 saturated heterocycles. The van der Waals surface area contributed by atoms with Crippen LogP contribution in [0.15, 0.2) is 0 Å². The van der Waals surface area contributed by atoms with Crippen molar-refractivity contribution >= 4 is 0 Å². The first-order valence-electron chi connectivity index (χ1n) is 15.3. The zero-order chi connectivity index (χ0) is 20.8. The molecule has 6 aliphatic carbocycles. The summed E-state index contributed by atoms with van der Waals surface area (Å²) >= 11 is 0. The van der Waals surface area contributed by atoms with Crippen LogP contribution in [0.2, 0.25) is 0 Å². The van der Waals surface area contributed by atoms with Crippen LogP contribution in [-0.2, 0) is 0 Å². The van der Waals surface area contributed by atoms with Gasteiger partial charge in [0.2, 0.25) is 0 Å². The van der Waals surface area contributed by atoms with Crippen molar-refractivity contribution in [2.75, 3.05) is 0 Å². The van der Waals surface area contributed by atoms with E-state index in [9.17, 15) is 0 Å². The van der Waals surface area contributed by atoms with E-state index in [1.54, 1.807) is 116 Å². The molecular formula is C31H52. The van der Waals surface area contributed by atoms with Crippen molar-refractivity contribution in [3.8, 4) is 0 Å². The first-order valence-corrected chi connectivity index (χ1v) is 15.3. The third-order valence-corrected chi connectivity index (χ3v) is 12.4. The zero-order valence-corrected chi connectivity index (χ0v) is 20.8. The van der Waals surface area contributed by atoms with E-state index in [2.05, 4.69) is 6.92 Å². The number of fused-ring (bicyclic) bond motifs is 3. The van der Waals surface area contributed by atoms with E-state index in [0.717, 1.165) is 65.1 Å². The molecule has 176 valence electrons. The standard InChI is InChI=1S/C31H52/c1-21-18-19-28-29(20-21)31(25-17-9-13-22-10-5-6-14-24(22)25)27-16-8-7-15-26(27)30(28)23-11-3-2-4-12-23/h21-31H,2-20H2,1H3. The fourth-order valence-corrected chi connectivity index (χ4v) is 11.5. The fourth-order valence-electron chi connectivity index (χ4n) is 11.5. The summed E-state index contributed by atoms with van der Waals surface area (Å²) in [5.41, 5.74) is 0. The van der Waals surface area contributed by atoms with Gasteiger partial charge >= 0.3 is 0 Å². The first kappa shape index (κ1) is 21.5. The third-order valence-electron chi connectivity index (χ3n) is 12.4. The Morgan fingerprint density at radius 1 is 0.355 bits per heavy atom. The molecule has 0 heterocycles. The van der Waals surface area contributed by atoms with E-state index >= 15 is 0 Å². The van der Waals surface area contributed by atoms with Crippen molar-refractivity contribution < 1.29 is 0 Å². The predicted molar refractivity (Wildman–Crippen MR) is 132 cm³/mol. The minimum Gasteiger partial charge on any atom is -0.0625 e. The van der Waals surface area contributed by atoms with E-state index < -0.39 is 0 Å². The average molecular weight is 425 g/mol. The van der Waals surface area contributed by atoms with Crippen LogP contribution in [0, 0.1) is 65.1 Å². The van der Waals surface area contributed by atoms with Gasteiger partial charge in [-0.1, -0.05) is 90.4 Å². The van der Waals surface area contributed by atoms with Gasteiger partial charge in [0.25, 0.3) is 0 Å². The normalized spacial score (nSPS) is 51.4. The molecule has 31 heavy (non-hydrogen) atoms. The van der Waals surface area contributed by atoms with Crippen molar-refractivity contribution in [2.24, 2.45) is 65.1 Å². The third kappa shape index (κ3) is 3.97. The molecule has 0 N–H and O–H groups in total. The molecule has 0 amide bonds. The van der Waals surface area contributed by atoms with Gasteiger partial charge in [0.1, 0.15) is 0 Å². The predicted octanol–water partition coefficient (Wildman–Crippen LogP) is 9.28. The molecule has 10 unspecified atom stereocenters. The van der Waals surface area contributed by atoms with Gasteiger partial charge in [-0.3, -0.25) is 0 Å². The van der Waals surface area contributed by atoms with E-state index in [1.807, 2.05) is 0 Å². The molecule has 0 heteroatoms. The highest BCUT2D eigenvalue weighted by molar-refractivity contribution is 5.05. The SMILES string of the molecule is CC1CCC2C(C1)C(C1CCCC3CCCCC31)C1CCCCC1C2C1CCCCC1. The maximum Gasteiger partial charge on any atom is -0.0321 e. The summed E-state index contributed by atoms with van der Waals surface area (Å²) < 4.78 is 0. The van der Waals surface area contributed by atoms with E-state index in [-0.39, 0.29) is 0 Å². The first-order chi connectivity index (χ1) is 15.3.